The van der Waals surface area contributed by atoms with E-state index in [4.69, 9.17) is 4.74 Å². The van der Waals surface area contributed by atoms with Crippen molar-refractivity contribution in [2.24, 2.45) is 0 Å². The average Bonchev–Trinajstić information content (AvgIpc) is 2.70. The molecular formula is C10H13N3O3. The molecule has 0 amide bonds. The van der Waals surface area contributed by atoms with Crippen LogP contribution in [-0.4, -0.2) is 29.2 Å². The zero-order chi connectivity index (χ0) is 11.5. The molecule has 1 aromatic rings. The third-order valence-electron chi connectivity index (χ3n) is 2.48. The van der Waals surface area contributed by atoms with E-state index in [9.17, 15) is 10.1 Å². The van der Waals surface area contributed by atoms with Gasteiger partial charge in [0.05, 0.1) is 17.6 Å². The number of nitro groups is 1. The third kappa shape index (κ3) is 2.27. The molecule has 1 aliphatic heterocycles. The van der Waals surface area contributed by atoms with E-state index in [0.717, 1.165) is 12.1 Å². The van der Waals surface area contributed by atoms with Crippen LogP contribution >= 0.6 is 0 Å². The first-order valence-corrected chi connectivity index (χ1v) is 5.13. The van der Waals surface area contributed by atoms with Gasteiger partial charge in [-0.25, -0.2) is 4.98 Å². The maximum atomic E-state index is 10.8. The van der Waals surface area contributed by atoms with E-state index in [1.165, 1.54) is 6.07 Å². The van der Waals surface area contributed by atoms with Gasteiger partial charge in [0.2, 0.25) is 5.82 Å². The van der Waals surface area contributed by atoms with Gasteiger partial charge >= 0.3 is 5.69 Å². The Morgan fingerprint density at radius 3 is 3.06 bits per heavy atom. The predicted octanol–water partition coefficient (Wildman–Crippen LogP) is 1.50. The molecule has 1 N–H and O–H groups in total. The summed E-state index contributed by atoms with van der Waals surface area (Å²) in [7, 11) is 0. The fourth-order valence-corrected chi connectivity index (χ4v) is 1.64. The number of aromatic nitrogens is 1. The molecule has 1 fully saturated rings. The molecule has 6 nitrogen and oxygen atoms in total. The summed E-state index contributed by atoms with van der Waals surface area (Å²) in [6, 6.07) is 3.22. The van der Waals surface area contributed by atoms with E-state index in [-0.39, 0.29) is 11.7 Å². The zero-order valence-corrected chi connectivity index (χ0v) is 8.97. The monoisotopic (exact) mass is 223 g/mol. The molecule has 0 saturated carbocycles. The molecule has 0 radical (unpaired) electrons. The van der Waals surface area contributed by atoms with Crippen molar-refractivity contribution in [3.63, 3.8) is 0 Å². The van der Waals surface area contributed by atoms with Crippen LogP contribution in [0.25, 0.3) is 0 Å². The quantitative estimate of drug-likeness (QED) is 0.620. The van der Waals surface area contributed by atoms with Crippen LogP contribution in [0.5, 0.6) is 0 Å². The molecule has 1 unspecified atom stereocenters. The third-order valence-corrected chi connectivity index (χ3v) is 2.48. The van der Waals surface area contributed by atoms with Gasteiger partial charge in [0.1, 0.15) is 0 Å². The second-order valence-electron chi connectivity index (χ2n) is 3.78. The first kappa shape index (κ1) is 10.8. The first-order valence-electron chi connectivity index (χ1n) is 5.13. The van der Waals surface area contributed by atoms with Gasteiger partial charge in [0.25, 0.3) is 0 Å². The summed E-state index contributed by atoms with van der Waals surface area (Å²) in [5, 5.41) is 13.9. The highest BCUT2D eigenvalue weighted by Crippen LogP contribution is 2.23. The van der Waals surface area contributed by atoms with Crippen molar-refractivity contribution < 1.29 is 9.66 Å². The molecule has 16 heavy (non-hydrogen) atoms. The molecule has 2 rings (SSSR count). The number of hydrogen-bond acceptors (Lipinski definition) is 5. The highest BCUT2D eigenvalue weighted by Gasteiger charge is 2.21. The molecule has 2 heterocycles. The fourth-order valence-electron chi connectivity index (χ4n) is 1.64. The van der Waals surface area contributed by atoms with Gasteiger partial charge in [0, 0.05) is 18.4 Å². The lowest BCUT2D eigenvalue weighted by Gasteiger charge is -2.11. The lowest BCUT2D eigenvalue weighted by Crippen LogP contribution is -2.20. The van der Waals surface area contributed by atoms with E-state index < -0.39 is 4.92 Å². The minimum absolute atomic E-state index is 0.0116. The molecule has 6 heteroatoms. The number of ether oxygens (including phenoxy) is 1. The normalized spacial score (nSPS) is 19.7. The molecule has 0 aromatic carbocycles. The van der Waals surface area contributed by atoms with Crippen molar-refractivity contribution in [1.82, 2.24) is 4.98 Å². The Labute approximate surface area is 92.8 Å². The van der Waals surface area contributed by atoms with E-state index in [2.05, 4.69) is 10.3 Å². The van der Waals surface area contributed by atoms with E-state index >= 15 is 0 Å². The van der Waals surface area contributed by atoms with Crippen molar-refractivity contribution in [2.75, 3.05) is 18.5 Å². The zero-order valence-electron chi connectivity index (χ0n) is 8.97. The summed E-state index contributed by atoms with van der Waals surface area (Å²) in [4.78, 5) is 14.5. The Hall–Kier alpha value is -1.69. The van der Waals surface area contributed by atoms with Crippen molar-refractivity contribution in [3.05, 3.63) is 27.9 Å². The Morgan fingerprint density at radius 2 is 2.44 bits per heavy atom. The standard InChI is InChI=1S/C10H13N3O3/c1-7-2-3-9(13(14)15)10(11-7)12-8-4-5-16-6-8/h2-3,8H,4-6H2,1H3,(H,11,12). The summed E-state index contributed by atoms with van der Waals surface area (Å²) in [6.07, 6.45) is 0.854. The Kier molecular flexibility index (Phi) is 3.00. The minimum Gasteiger partial charge on any atom is -0.379 e. The summed E-state index contributed by atoms with van der Waals surface area (Å²) >= 11 is 0. The van der Waals surface area contributed by atoms with Gasteiger partial charge in [-0.1, -0.05) is 0 Å². The van der Waals surface area contributed by atoms with Crippen LogP contribution in [0.15, 0.2) is 12.1 Å². The molecule has 0 bridgehead atoms. The lowest BCUT2D eigenvalue weighted by molar-refractivity contribution is -0.384. The fraction of sp³-hybridized carbons (Fsp3) is 0.500. The Balaban J connectivity index is 2.22. The number of nitrogens with one attached hydrogen (secondary N) is 1. The molecule has 1 aliphatic rings. The van der Waals surface area contributed by atoms with Gasteiger partial charge in [-0.15, -0.1) is 0 Å². The largest absolute Gasteiger partial charge is 0.379 e. The van der Waals surface area contributed by atoms with Gasteiger partial charge in [-0.05, 0) is 19.4 Å². The van der Waals surface area contributed by atoms with Crippen LogP contribution in [0.1, 0.15) is 12.1 Å². The van der Waals surface area contributed by atoms with Crippen molar-refractivity contribution >= 4 is 11.5 Å². The summed E-state index contributed by atoms with van der Waals surface area (Å²) in [6.45, 7) is 3.07. The SMILES string of the molecule is Cc1ccc([N+](=O)[O-])c(NC2CCOC2)n1. The summed E-state index contributed by atoms with van der Waals surface area (Å²) < 4.78 is 5.20. The highest BCUT2D eigenvalue weighted by molar-refractivity contribution is 5.56. The van der Waals surface area contributed by atoms with Gasteiger partial charge in [-0.3, -0.25) is 10.1 Å². The number of anilines is 1. The Morgan fingerprint density at radius 1 is 1.62 bits per heavy atom. The average molecular weight is 223 g/mol. The first-order chi connectivity index (χ1) is 7.66. The number of nitrogens with zero attached hydrogens (tertiary/aromatic N) is 2. The number of pyridine rings is 1. The summed E-state index contributed by atoms with van der Waals surface area (Å²) in [5.41, 5.74) is 0.768. The Bertz CT molecular complexity index is 402. The van der Waals surface area contributed by atoms with Crippen molar-refractivity contribution in [1.29, 1.82) is 0 Å². The van der Waals surface area contributed by atoms with Gasteiger partial charge in [-0.2, -0.15) is 0 Å². The smallest absolute Gasteiger partial charge is 0.311 e. The molecule has 1 aromatic heterocycles. The number of aryl methyl sites for hydroxylation is 1. The maximum absolute atomic E-state index is 10.8. The maximum Gasteiger partial charge on any atom is 0.311 e. The van der Waals surface area contributed by atoms with Gasteiger partial charge in [0.15, 0.2) is 0 Å². The van der Waals surface area contributed by atoms with Crippen molar-refractivity contribution in [3.8, 4) is 0 Å². The molecule has 1 saturated heterocycles. The second-order valence-corrected chi connectivity index (χ2v) is 3.78. The molecule has 0 aliphatic carbocycles. The molecular weight excluding hydrogens is 210 g/mol. The van der Waals surface area contributed by atoms with Gasteiger partial charge < -0.3 is 10.1 Å². The topological polar surface area (TPSA) is 77.3 Å². The van der Waals surface area contributed by atoms with Crippen LogP contribution in [0, 0.1) is 17.0 Å². The minimum atomic E-state index is -0.426. The van der Waals surface area contributed by atoms with Crippen LogP contribution < -0.4 is 5.32 Å². The number of rotatable bonds is 3. The van der Waals surface area contributed by atoms with Crippen LogP contribution in [-0.2, 0) is 4.74 Å². The second kappa shape index (κ2) is 4.44. The van der Waals surface area contributed by atoms with Crippen LogP contribution in [0.3, 0.4) is 0 Å². The predicted molar refractivity (Wildman–Crippen MR) is 58.5 cm³/mol. The van der Waals surface area contributed by atoms with E-state index in [1.807, 2.05) is 0 Å². The molecule has 1 atom stereocenters. The van der Waals surface area contributed by atoms with E-state index in [0.29, 0.717) is 19.0 Å². The molecule has 86 valence electrons. The van der Waals surface area contributed by atoms with Crippen LogP contribution in [0.4, 0.5) is 11.5 Å². The highest BCUT2D eigenvalue weighted by atomic mass is 16.6. The summed E-state index contributed by atoms with van der Waals surface area (Å²) in [5.74, 6) is 0.334. The van der Waals surface area contributed by atoms with E-state index in [1.54, 1.807) is 13.0 Å². The lowest BCUT2D eigenvalue weighted by atomic mass is 10.2. The number of hydrogen-bond donors (Lipinski definition) is 1. The van der Waals surface area contributed by atoms with Crippen LogP contribution in [0.2, 0.25) is 0 Å². The molecule has 0 spiro atoms. The van der Waals surface area contributed by atoms with Crippen molar-refractivity contribution in [2.45, 2.75) is 19.4 Å².